The van der Waals surface area contributed by atoms with Gasteiger partial charge in [0.1, 0.15) is 11.2 Å². The van der Waals surface area contributed by atoms with E-state index in [9.17, 15) is 14.9 Å². The molecule has 1 heterocycles. The first kappa shape index (κ1) is 13.8. The molecular formula is C11H12BrN3O4. The standard InChI is InChI=1S/C11H12BrN3O4/c12-7-1-2-8(15(18)19)9(5-7)14-4-3-11(13,6-14)10(16)17/h1-2,5H,3-4,6,13H2,(H,16,17). The fourth-order valence-corrected chi connectivity index (χ4v) is 2.47. The Morgan fingerprint density at radius 1 is 1.58 bits per heavy atom. The molecule has 1 unspecified atom stereocenters. The van der Waals surface area contributed by atoms with Crippen molar-refractivity contribution in [3.8, 4) is 0 Å². The number of carboxylic acids is 1. The monoisotopic (exact) mass is 329 g/mol. The van der Waals surface area contributed by atoms with Gasteiger partial charge in [-0.15, -0.1) is 0 Å². The Kier molecular flexibility index (Phi) is 3.46. The molecule has 3 N–H and O–H groups in total. The van der Waals surface area contributed by atoms with Crippen LogP contribution in [-0.2, 0) is 4.79 Å². The fraction of sp³-hybridized carbons (Fsp3) is 0.364. The molecule has 102 valence electrons. The number of anilines is 1. The van der Waals surface area contributed by atoms with Gasteiger partial charge in [0.15, 0.2) is 0 Å². The summed E-state index contributed by atoms with van der Waals surface area (Å²) in [7, 11) is 0. The molecule has 0 aromatic heterocycles. The van der Waals surface area contributed by atoms with E-state index < -0.39 is 16.4 Å². The number of nitrogens with two attached hydrogens (primary N) is 1. The molecule has 0 radical (unpaired) electrons. The highest BCUT2D eigenvalue weighted by molar-refractivity contribution is 9.10. The van der Waals surface area contributed by atoms with Crippen LogP contribution in [0, 0.1) is 10.1 Å². The fourth-order valence-electron chi connectivity index (χ4n) is 2.12. The molecule has 0 amide bonds. The maximum absolute atomic E-state index is 11.1. The Morgan fingerprint density at radius 2 is 2.26 bits per heavy atom. The van der Waals surface area contributed by atoms with E-state index in [4.69, 9.17) is 10.8 Å². The van der Waals surface area contributed by atoms with Gasteiger partial charge >= 0.3 is 5.97 Å². The molecule has 0 bridgehead atoms. The third kappa shape index (κ3) is 2.54. The van der Waals surface area contributed by atoms with E-state index in [1.54, 1.807) is 17.0 Å². The molecule has 0 spiro atoms. The lowest BCUT2D eigenvalue weighted by atomic mass is 10.0. The van der Waals surface area contributed by atoms with Crippen LogP contribution in [0.4, 0.5) is 11.4 Å². The first-order chi connectivity index (χ1) is 8.83. The van der Waals surface area contributed by atoms with Gasteiger partial charge in [-0.2, -0.15) is 0 Å². The van der Waals surface area contributed by atoms with Gasteiger partial charge in [0.25, 0.3) is 5.69 Å². The second kappa shape index (κ2) is 4.78. The molecule has 1 saturated heterocycles. The number of aliphatic carboxylic acids is 1. The van der Waals surface area contributed by atoms with Crippen LogP contribution in [0.15, 0.2) is 22.7 Å². The highest BCUT2D eigenvalue weighted by Crippen LogP contribution is 2.35. The molecule has 1 aromatic rings. The number of hydrogen-bond donors (Lipinski definition) is 2. The average molecular weight is 330 g/mol. The summed E-state index contributed by atoms with van der Waals surface area (Å²) >= 11 is 3.25. The topological polar surface area (TPSA) is 110 Å². The van der Waals surface area contributed by atoms with Crippen molar-refractivity contribution in [2.24, 2.45) is 5.73 Å². The van der Waals surface area contributed by atoms with Crippen molar-refractivity contribution in [3.05, 3.63) is 32.8 Å². The molecular weight excluding hydrogens is 318 g/mol. The van der Waals surface area contributed by atoms with E-state index in [2.05, 4.69) is 15.9 Å². The zero-order valence-electron chi connectivity index (χ0n) is 9.88. The van der Waals surface area contributed by atoms with Crippen LogP contribution in [0.25, 0.3) is 0 Å². The van der Waals surface area contributed by atoms with Crippen LogP contribution in [0.1, 0.15) is 6.42 Å². The quantitative estimate of drug-likeness (QED) is 0.639. The minimum atomic E-state index is -1.35. The Morgan fingerprint density at radius 3 is 2.79 bits per heavy atom. The molecule has 1 aliphatic rings. The number of nitro groups is 1. The van der Waals surface area contributed by atoms with Gasteiger partial charge in [0, 0.05) is 23.6 Å². The van der Waals surface area contributed by atoms with Crippen molar-refractivity contribution in [1.82, 2.24) is 0 Å². The summed E-state index contributed by atoms with van der Waals surface area (Å²) in [6, 6.07) is 4.56. The number of rotatable bonds is 3. The lowest BCUT2D eigenvalue weighted by molar-refractivity contribution is -0.384. The summed E-state index contributed by atoms with van der Waals surface area (Å²) in [6.07, 6.45) is 0.256. The second-order valence-electron chi connectivity index (χ2n) is 4.52. The molecule has 1 atom stereocenters. The SMILES string of the molecule is NC1(C(=O)O)CCN(c2cc(Br)ccc2[N+](=O)[O-])C1. The van der Waals surface area contributed by atoms with Crippen molar-refractivity contribution in [2.75, 3.05) is 18.0 Å². The van der Waals surface area contributed by atoms with Gasteiger partial charge in [-0.05, 0) is 18.6 Å². The van der Waals surface area contributed by atoms with Crippen molar-refractivity contribution in [1.29, 1.82) is 0 Å². The largest absolute Gasteiger partial charge is 0.480 e. The molecule has 19 heavy (non-hydrogen) atoms. The van der Waals surface area contributed by atoms with E-state index in [1.807, 2.05) is 0 Å². The van der Waals surface area contributed by atoms with Gasteiger partial charge < -0.3 is 15.7 Å². The Labute approximate surface area is 117 Å². The smallest absolute Gasteiger partial charge is 0.325 e. The molecule has 7 nitrogen and oxygen atoms in total. The summed E-state index contributed by atoms with van der Waals surface area (Å²) in [5.74, 6) is -1.09. The van der Waals surface area contributed by atoms with Crippen LogP contribution in [0.3, 0.4) is 0 Å². The van der Waals surface area contributed by atoms with Gasteiger partial charge in [-0.3, -0.25) is 14.9 Å². The lowest BCUT2D eigenvalue weighted by Gasteiger charge is -2.21. The normalized spacial score (nSPS) is 22.5. The predicted molar refractivity (Wildman–Crippen MR) is 72.2 cm³/mol. The van der Waals surface area contributed by atoms with Crippen LogP contribution in [0.5, 0.6) is 0 Å². The highest BCUT2D eigenvalue weighted by Gasteiger charge is 2.42. The van der Waals surface area contributed by atoms with Crippen molar-refractivity contribution in [3.63, 3.8) is 0 Å². The first-order valence-corrected chi connectivity index (χ1v) is 6.34. The van der Waals surface area contributed by atoms with Crippen molar-refractivity contribution in [2.45, 2.75) is 12.0 Å². The Bertz CT molecular complexity index is 551. The Balaban J connectivity index is 2.36. The number of nitro benzene ring substituents is 1. The molecule has 0 aliphatic carbocycles. The van der Waals surface area contributed by atoms with Gasteiger partial charge in [0.2, 0.25) is 0 Å². The maximum Gasteiger partial charge on any atom is 0.325 e. The number of carboxylic acid groups (broad SMARTS) is 1. The van der Waals surface area contributed by atoms with Gasteiger partial charge in [0.05, 0.1) is 4.92 Å². The van der Waals surface area contributed by atoms with Crippen LogP contribution in [-0.4, -0.2) is 34.6 Å². The van der Waals surface area contributed by atoms with Gasteiger partial charge in [-0.25, -0.2) is 0 Å². The number of nitrogens with zero attached hydrogens (tertiary/aromatic N) is 2. The van der Waals surface area contributed by atoms with Gasteiger partial charge in [-0.1, -0.05) is 15.9 Å². The third-order valence-electron chi connectivity index (χ3n) is 3.20. The zero-order valence-corrected chi connectivity index (χ0v) is 11.5. The second-order valence-corrected chi connectivity index (χ2v) is 5.44. The van der Waals surface area contributed by atoms with E-state index >= 15 is 0 Å². The van der Waals surface area contributed by atoms with Crippen LogP contribution in [0.2, 0.25) is 0 Å². The molecule has 1 aliphatic heterocycles. The van der Waals surface area contributed by atoms with E-state index in [0.717, 1.165) is 0 Å². The highest BCUT2D eigenvalue weighted by atomic mass is 79.9. The summed E-state index contributed by atoms with van der Waals surface area (Å²) in [4.78, 5) is 23.2. The molecule has 8 heteroatoms. The molecule has 1 aromatic carbocycles. The number of halogens is 1. The average Bonchev–Trinajstić information content (AvgIpc) is 2.73. The van der Waals surface area contributed by atoms with Crippen LogP contribution < -0.4 is 10.6 Å². The van der Waals surface area contributed by atoms with Crippen molar-refractivity contribution < 1.29 is 14.8 Å². The lowest BCUT2D eigenvalue weighted by Crippen LogP contribution is -2.50. The van der Waals surface area contributed by atoms with E-state index in [-0.39, 0.29) is 18.7 Å². The molecule has 1 fully saturated rings. The molecule has 0 saturated carbocycles. The zero-order chi connectivity index (χ0) is 14.2. The van der Waals surface area contributed by atoms with E-state index in [1.165, 1.54) is 6.07 Å². The number of benzene rings is 1. The summed E-state index contributed by atoms with van der Waals surface area (Å²) in [5.41, 5.74) is 4.74. The minimum absolute atomic E-state index is 0.0552. The number of carbonyl (C=O) groups is 1. The number of hydrogen-bond acceptors (Lipinski definition) is 5. The predicted octanol–water partition coefficient (Wildman–Crippen LogP) is 1.35. The maximum atomic E-state index is 11.1. The Hall–Kier alpha value is -1.67. The minimum Gasteiger partial charge on any atom is -0.480 e. The van der Waals surface area contributed by atoms with Crippen LogP contribution >= 0.6 is 15.9 Å². The summed E-state index contributed by atoms with van der Waals surface area (Å²) in [5, 5.41) is 20.1. The van der Waals surface area contributed by atoms with E-state index in [0.29, 0.717) is 16.7 Å². The third-order valence-corrected chi connectivity index (χ3v) is 3.69. The summed E-state index contributed by atoms with van der Waals surface area (Å²) < 4.78 is 0.693. The first-order valence-electron chi connectivity index (χ1n) is 5.55. The summed E-state index contributed by atoms with van der Waals surface area (Å²) in [6.45, 7) is 0.430. The molecule has 2 rings (SSSR count). The van der Waals surface area contributed by atoms with Crippen molar-refractivity contribution >= 4 is 33.3 Å².